The number of pyridine rings is 1. The Kier molecular flexibility index (Phi) is 4.80. The van der Waals surface area contributed by atoms with Crippen LogP contribution in [0.4, 0.5) is 0 Å². The highest BCUT2D eigenvalue weighted by molar-refractivity contribution is 7.90. The lowest BCUT2D eigenvalue weighted by Crippen LogP contribution is -2.14. The minimum absolute atomic E-state index is 0.0283. The average Bonchev–Trinajstić information content (AvgIpc) is 3.35. The normalized spacial score (nSPS) is 22.0. The van der Waals surface area contributed by atoms with Crippen LogP contribution in [0.1, 0.15) is 31.6 Å². The van der Waals surface area contributed by atoms with Crippen LogP contribution in [0.5, 0.6) is 0 Å². The SMILES string of the molecule is CC1CC(n2c(Cn3nc(S(C)(=O)=O)c4ccncc43)nc3cc(Cl)ccc32)CC1O. The molecule has 8 nitrogen and oxygen atoms in total. The summed E-state index contributed by atoms with van der Waals surface area (Å²) >= 11 is 6.20. The molecule has 3 aromatic heterocycles. The van der Waals surface area contributed by atoms with Crippen LogP contribution in [0.2, 0.25) is 5.02 Å². The van der Waals surface area contributed by atoms with Crippen molar-refractivity contribution in [3.63, 3.8) is 0 Å². The number of sulfone groups is 1. The van der Waals surface area contributed by atoms with E-state index in [1.165, 1.54) is 0 Å². The van der Waals surface area contributed by atoms with Crippen LogP contribution < -0.4 is 0 Å². The maximum atomic E-state index is 12.3. The number of nitrogens with zero attached hydrogens (tertiary/aromatic N) is 5. The summed E-state index contributed by atoms with van der Waals surface area (Å²) in [5, 5.41) is 15.9. The van der Waals surface area contributed by atoms with E-state index >= 15 is 0 Å². The zero-order chi connectivity index (χ0) is 21.9. The van der Waals surface area contributed by atoms with Gasteiger partial charge >= 0.3 is 0 Å². The Hall–Kier alpha value is -2.49. The Morgan fingerprint density at radius 1 is 1.23 bits per heavy atom. The first-order chi connectivity index (χ1) is 14.7. The van der Waals surface area contributed by atoms with Gasteiger partial charge in [-0.3, -0.25) is 9.67 Å². The van der Waals surface area contributed by atoms with Crippen molar-refractivity contribution in [3.8, 4) is 0 Å². The molecule has 1 aliphatic carbocycles. The van der Waals surface area contributed by atoms with Gasteiger partial charge in [-0.1, -0.05) is 18.5 Å². The summed E-state index contributed by atoms with van der Waals surface area (Å²) in [5.41, 5.74) is 2.32. The summed E-state index contributed by atoms with van der Waals surface area (Å²) < 4.78 is 28.3. The second-order valence-electron chi connectivity index (χ2n) is 8.33. The molecular formula is C21H22ClN5O3S. The predicted molar refractivity (Wildman–Crippen MR) is 118 cm³/mol. The molecule has 0 aliphatic heterocycles. The second kappa shape index (κ2) is 7.29. The number of halogens is 1. The Labute approximate surface area is 184 Å². The molecule has 1 N–H and O–H groups in total. The Morgan fingerprint density at radius 2 is 2.03 bits per heavy atom. The van der Waals surface area contributed by atoms with Gasteiger partial charge in [0, 0.05) is 28.9 Å². The number of aliphatic hydroxyl groups excluding tert-OH is 1. The molecule has 3 heterocycles. The highest BCUT2D eigenvalue weighted by atomic mass is 35.5. The van der Waals surface area contributed by atoms with Crippen LogP contribution in [0.3, 0.4) is 0 Å². The van der Waals surface area contributed by atoms with Crippen LogP contribution in [0.25, 0.3) is 21.9 Å². The summed E-state index contributed by atoms with van der Waals surface area (Å²) in [4.78, 5) is 8.96. The van der Waals surface area contributed by atoms with Crippen molar-refractivity contribution in [3.05, 3.63) is 47.5 Å². The van der Waals surface area contributed by atoms with Gasteiger partial charge in [-0.25, -0.2) is 13.4 Å². The number of aromatic nitrogens is 5. The molecule has 1 fully saturated rings. The van der Waals surface area contributed by atoms with Gasteiger partial charge in [0.1, 0.15) is 5.82 Å². The molecule has 10 heteroatoms. The smallest absolute Gasteiger partial charge is 0.195 e. The molecule has 5 rings (SSSR count). The van der Waals surface area contributed by atoms with Gasteiger partial charge in [0.05, 0.1) is 35.4 Å². The lowest BCUT2D eigenvalue weighted by Gasteiger charge is -2.17. The highest BCUT2D eigenvalue weighted by Gasteiger charge is 2.33. The third-order valence-electron chi connectivity index (χ3n) is 6.07. The number of imidazole rings is 1. The molecule has 0 spiro atoms. The zero-order valence-corrected chi connectivity index (χ0v) is 18.7. The van der Waals surface area contributed by atoms with E-state index < -0.39 is 9.84 Å². The fourth-order valence-electron chi connectivity index (χ4n) is 4.56. The summed E-state index contributed by atoms with van der Waals surface area (Å²) in [6.07, 6.45) is 5.42. The minimum atomic E-state index is -3.51. The summed E-state index contributed by atoms with van der Waals surface area (Å²) in [5.74, 6) is 0.922. The van der Waals surface area contributed by atoms with Crippen molar-refractivity contribution in [2.24, 2.45) is 5.92 Å². The van der Waals surface area contributed by atoms with Crippen molar-refractivity contribution in [1.82, 2.24) is 24.3 Å². The third kappa shape index (κ3) is 3.50. The predicted octanol–water partition coefficient (Wildman–Crippen LogP) is 3.22. The lowest BCUT2D eigenvalue weighted by atomic mass is 10.1. The summed E-state index contributed by atoms with van der Waals surface area (Å²) in [7, 11) is -3.51. The van der Waals surface area contributed by atoms with E-state index in [-0.39, 0.29) is 29.6 Å². The van der Waals surface area contributed by atoms with Crippen molar-refractivity contribution in [1.29, 1.82) is 0 Å². The molecule has 162 valence electrons. The first-order valence-corrected chi connectivity index (χ1v) is 12.3. The fraction of sp³-hybridized carbons (Fsp3) is 0.381. The van der Waals surface area contributed by atoms with Crippen molar-refractivity contribution >= 4 is 43.4 Å². The van der Waals surface area contributed by atoms with Crippen LogP contribution in [-0.2, 0) is 16.4 Å². The van der Waals surface area contributed by atoms with E-state index in [0.29, 0.717) is 22.3 Å². The van der Waals surface area contributed by atoms with E-state index in [9.17, 15) is 13.5 Å². The largest absolute Gasteiger partial charge is 0.393 e. The van der Waals surface area contributed by atoms with E-state index in [1.807, 2.05) is 25.1 Å². The molecule has 3 unspecified atom stereocenters. The molecule has 0 bridgehead atoms. The molecule has 1 aliphatic rings. The van der Waals surface area contributed by atoms with Gasteiger partial charge in [-0.15, -0.1) is 0 Å². The molecule has 0 saturated heterocycles. The summed E-state index contributed by atoms with van der Waals surface area (Å²) in [6, 6.07) is 7.33. The van der Waals surface area contributed by atoms with Crippen LogP contribution in [-0.4, -0.2) is 50.2 Å². The first-order valence-electron chi connectivity index (χ1n) is 10.1. The van der Waals surface area contributed by atoms with Crippen molar-refractivity contribution < 1.29 is 13.5 Å². The van der Waals surface area contributed by atoms with Crippen LogP contribution >= 0.6 is 11.6 Å². The third-order valence-corrected chi connectivity index (χ3v) is 7.31. The molecule has 1 saturated carbocycles. The van der Waals surface area contributed by atoms with Crippen molar-refractivity contribution in [2.45, 2.75) is 43.5 Å². The number of aliphatic hydroxyl groups is 1. The molecule has 31 heavy (non-hydrogen) atoms. The number of hydrogen-bond acceptors (Lipinski definition) is 6. The zero-order valence-electron chi connectivity index (χ0n) is 17.1. The van der Waals surface area contributed by atoms with E-state index in [4.69, 9.17) is 16.6 Å². The summed E-state index contributed by atoms with van der Waals surface area (Å²) in [6.45, 7) is 2.32. The van der Waals surface area contributed by atoms with E-state index in [1.54, 1.807) is 23.1 Å². The fourth-order valence-corrected chi connectivity index (χ4v) is 5.55. The van der Waals surface area contributed by atoms with Gasteiger partial charge in [0.25, 0.3) is 0 Å². The maximum Gasteiger partial charge on any atom is 0.195 e. The molecular weight excluding hydrogens is 438 g/mol. The second-order valence-corrected chi connectivity index (χ2v) is 10.7. The van der Waals surface area contributed by atoms with Gasteiger partial charge in [-0.05, 0) is 43.0 Å². The Balaban J connectivity index is 1.67. The molecule has 0 amide bonds. The number of benzene rings is 1. The average molecular weight is 460 g/mol. The lowest BCUT2D eigenvalue weighted by molar-refractivity contribution is 0.139. The molecule has 4 aromatic rings. The van der Waals surface area contributed by atoms with Crippen molar-refractivity contribution in [2.75, 3.05) is 6.26 Å². The monoisotopic (exact) mass is 459 g/mol. The number of fused-ring (bicyclic) bond motifs is 2. The van der Waals surface area contributed by atoms with Gasteiger partial charge in [0.15, 0.2) is 14.9 Å². The highest BCUT2D eigenvalue weighted by Crippen LogP contribution is 2.38. The van der Waals surface area contributed by atoms with E-state index in [0.717, 1.165) is 29.5 Å². The Morgan fingerprint density at radius 3 is 2.74 bits per heavy atom. The maximum absolute atomic E-state index is 12.3. The van der Waals surface area contributed by atoms with Crippen LogP contribution in [0.15, 0.2) is 41.7 Å². The molecule has 1 aromatic carbocycles. The standard InChI is InChI=1S/C21H22ClN5O3S/c1-12-7-14(9-19(12)28)27-17-4-3-13(22)8-16(17)24-20(27)11-26-18-10-23-6-5-15(18)21(25-26)31(2,29)30/h3-6,8,10,12,14,19,28H,7,9,11H2,1-2H3. The Bertz CT molecular complexity index is 1400. The van der Waals surface area contributed by atoms with E-state index in [2.05, 4.69) is 14.6 Å². The van der Waals surface area contributed by atoms with Gasteiger partial charge < -0.3 is 9.67 Å². The molecule has 0 radical (unpaired) electrons. The molecule has 3 atom stereocenters. The minimum Gasteiger partial charge on any atom is -0.393 e. The number of hydrogen-bond donors (Lipinski definition) is 1. The van der Waals surface area contributed by atoms with Gasteiger partial charge in [-0.2, -0.15) is 5.10 Å². The van der Waals surface area contributed by atoms with Crippen LogP contribution in [0, 0.1) is 5.92 Å². The first kappa shape index (κ1) is 20.4. The number of rotatable bonds is 4. The quantitative estimate of drug-likeness (QED) is 0.502. The topological polar surface area (TPSA) is 103 Å². The van der Waals surface area contributed by atoms with Gasteiger partial charge in [0.2, 0.25) is 0 Å².